The highest BCUT2D eigenvalue weighted by molar-refractivity contribution is 7.99. The van der Waals surface area contributed by atoms with Gasteiger partial charge in [-0.2, -0.15) is 0 Å². The molecule has 1 fully saturated rings. The molecule has 8 heteroatoms. The number of anilines is 1. The number of nitrogens with one attached hydrogen (secondary N) is 1. The van der Waals surface area contributed by atoms with Crippen molar-refractivity contribution in [3.63, 3.8) is 0 Å². The number of benzene rings is 2. The van der Waals surface area contributed by atoms with E-state index >= 15 is 0 Å². The summed E-state index contributed by atoms with van der Waals surface area (Å²) < 4.78 is 2.11. The number of carbonyl (C=O) groups is 1. The number of nitrogens with zero attached hydrogens (tertiary/aromatic N) is 4. The molecule has 34 heavy (non-hydrogen) atoms. The van der Waals surface area contributed by atoms with E-state index < -0.39 is 0 Å². The van der Waals surface area contributed by atoms with Crippen LogP contribution in [0.1, 0.15) is 24.3 Å². The fourth-order valence-corrected chi connectivity index (χ4v) is 5.25. The maximum Gasteiger partial charge on any atom is 0.234 e. The van der Waals surface area contributed by atoms with Crippen molar-refractivity contribution >= 4 is 56.9 Å². The Morgan fingerprint density at radius 2 is 1.79 bits per heavy atom. The van der Waals surface area contributed by atoms with E-state index in [1.165, 1.54) is 40.9 Å². The van der Waals surface area contributed by atoms with Gasteiger partial charge in [0, 0.05) is 17.8 Å². The third-order valence-corrected chi connectivity index (χ3v) is 7.20. The molecule has 2 aromatic carbocycles. The number of rotatable bonds is 6. The van der Waals surface area contributed by atoms with E-state index in [9.17, 15) is 4.79 Å². The quantitative estimate of drug-likeness (QED) is 0.228. The molecule has 6 nitrogen and oxygen atoms in total. The number of imidazole rings is 1. The standard InChI is InChI=1S/C26H20ClN5OS/c27-24-20(7-3-13-28-24)30-23(33)15-34-26-31-25-22(8-4-14-29-25)32(26)21-12-11-17(16-9-10-16)18-5-1-2-6-19(18)21/h1-8,11-14,16H,9-10,15H2,(H,30,33). The first-order chi connectivity index (χ1) is 16.7. The van der Waals surface area contributed by atoms with Crippen LogP contribution in [0, 0.1) is 0 Å². The molecule has 1 N–H and O–H groups in total. The molecular weight excluding hydrogens is 466 g/mol. The Hall–Kier alpha value is -3.42. The predicted octanol–water partition coefficient (Wildman–Crippen LogP) is 6.23. The second kappa shape index (κ2) is 8.74. The van der Waals surface area contributed by atoms with Crippen LogP contribution in [0.15, 0.2) is 78.2 Å². The lowest BCUT2D eigenvalue weighted by molar-refractivity contribution is -0.113. The summed E-state index contributed by atoms with van der Waals surface area (Å²) in [6, 6.07) is 20.3. The first-order valence-corrected chi connectivity index (χ1v) is 12.4. The van der Waals surface area contributed by atoms with Crippen LogP contribution < -0.4 is 5.32 Å². The minimum absolute atomic E-state index is 0.173. The van der Waals surface area contributed by atoms with E-state index in [-0.39, 0.29) is 16.8 Å². The summed E-state index contributed by atoms with van der Waals surface area (Å²) in [4.78, 5) is 25.9. The lowest BCUT2D eigenvalue weighted by Gasteiger charge is -2.14. The Kier molecular flexibility index (Phi) is 5.43. The van der Waals surface area contributed by atoms with Crippen LogP contribution >= 0.6 is 23.4 Å². The van der Waals surface area contributed by atoms with Gasteiger partial charge in [-0.1, -0.05) is 53.7 Å². The second-order valence-corrected chi connectivity index (χ2v) is 9.55. The fourth-order valence-electron chi connectivity index (χ4n) is 4.27. The van der Waals surface area contributed by atoms with Crippen molar-refractivity contribution in [3.8, 4) is 5.69 Å². The molecule has 1 saturated carbocycles. The molecule has 168 valence electrons. The lowest BCUT2D eigenvalue weighted by Crippen LogP contribution is -2.15. The molecule has 0 radical (unpaired) electrons. The van der Waals surface area contributed by atoms with E-state index in [4.69, 9.17) is 16.6 Å². The Bertz CT molecular complexity index is 1550. The monoisotopic (exact) mass is 485 g/mol. The van der Waals surface area contributed by atoms with Gasteiger partial charge in [0.1, 0.15) is 0 Å². The van der Waals surface area contributed by atoms with Gasteiger partial charge in [-0.15, -0.1) is 0 Å². The Labute approximate surface area is 205 Å². The maximum absolute atomic E-state index is 12.7. The Morgan fingerprint density at radius 1 is 1.00 bits per heavy atom. The number of hydrogen-bond acceptors (Lipinski definition) is 5. The van der Waals surface area contributed by atoms with Crippen LogP contribution in [0.5, 0.6) is 0 Å². The minimum Gasteiger partial charge on any atom is -0.323 e. The lowest BCUT2D eigenvalue weighted by atomic mass is 9.99. The van der Waals surface area contributed by atoms with Crippen molar-refractivity contribution < 1.29 is 4.79 Å². The van der Waals surface area contributed by atoms with Gasteiger partial charge in [0.25, 0.3) is 0 Å². The summed E-state index contributed by atoms with van der Waals surface area (Å²) in [5.74, 6) is 0.643. The van der Waals surface area contributed by atoms with Crippen molar-refractivity contribution in [2.45, 2.75) is 23.9 Å². The van der Waals surface area contributed by atoms with E-state index in [1.807, 2.05) is 12.1 Å². The van der Waals surface area contributed by atoms with Crippen molar-refractivity contribution in [1.29, 1.82) is 0 Å². The Balaban J connectivity index is 1.39. The van der Waals surface area contributed by atoms with Gasteiger partial charge in [-0.3, -0.25) is 9.36 Å². The van der Waals surface area contributed by atoms with Crippen LogP contribution in [-0.2, 0) is 4.79 Å². The zero-order chi connectivity index (χ0) is 23.1. The third-order valence-electron chi connectivity index (χ3n) is 5.96. The fraction of sp³-hybridized carbons (Fsp3) is 0.154. The molecule has 0 spiro atoms. The number of aromatic nitrogens is 4. The molecule has 0 aliphatic heterocycles. The van der Waals surface area contributed by atoms with Gasteiger partial charge >= 0.3 is 0 Å². The van der Waals surface area contributed by atoms with E-state index in [0.29, 0.717) is 22.4 Å². The zero-order valence-corrected chi connectivity index (χ0v) is 19.7. The highest BCUT2D eigenvalue weighted by Gasteiger charge is 2.26. The molecule has 3 aromatic heterocycles. The molecule has 1 aliphatic carbocycles. The average molecular weight is 486 g/mol. The van der Waals surface area contributed by atoms with Crippen LogP contribution in [0.3, 0.4) is 0 Å². The highest BCUT2D eigenvalue weighted by atomic mass is 35.5. The number of amides is 1. The maximum atomic E-state index is 12.7. The molecule has 0 atom stereocenters. The van der Waals surface area contributed by atoms with Crippen molar-refractivity contribution in [3.05, 3.63) is 83.8 Å². The number of carbonyl (C=O) groups excluding carboxylic acids is 1. The first-order valence-electron chi connectivity index (χ1n) is 11.1. The number of pyridine rings is 2. The highest BCUT2D eigenvalue weighted by Crippen LogP contribution is 2.44. The van der Waals surface area contributed by atoms with Crippen molar-refractivity contribution in [1.82, 2.24) is 19.5 Å². The first kappa shape index (κ1) is 21.1. The Morgan fingerprint density at radius 3 is 2.62 bits per heavy atom. The summed E-state index contributed by atoms with van der Waals surface area (Å²) >= 11 is 7.45. The van der Waals surface area contributed by atoms with Gasteiger partial charge in [0.15, 0.2) is 16.0 Å². The third kappa shape index (κ3) is 3.91. The molecule has 1 aliphatic rings. The molecule has 6 rings (SSSR count). The smallest absolute Gasteiger partial charge is 0.234 e. The van der Waals surface area contributed by atoms with Crippen molar-refractivity contribution in [2.75, 3.05) is 11.1 Å². The van der Waals surface area contributed by atoms with Gasteiger partial charge in [-0.25, -0.2) is 15.0 Å². The SMILES string of the molecule is O=C(CSc1nc2ncccc2n1-c1ccc(C2CC2)c2ccccc12)Nc1cccnc1Cl. The van der Waals surface area contributed by atoms with Gasteiger partial charge in [-0.05, 0) is 60.0 Å². The van der Waals surface area contributed by atoms with E-state index in [1.54, 1.807) is 24.5 Å². The molecular formula is C26H20ClN5OS. The van der Waals surface area contributed by atoms with Crippen molar-refractivity contribution in [2.24, 2.45) is 0 Å². The number of hydrogen-bond donors (Lipinski definition) is 1. The second-order valence-electron chi connectivity index (χ2n) is 8.25. The summed E-state index contributed by atoms with van der Waals surface area (Å²) in [6.45, 7) is 0. The molecule has 5 aromatic rings. The van der Waals surface area contributed by atoms with Crippen LogP contribution in [-0.4, -0.2) is 31.2 Å². The molecule has 0 saturated heterocycles. The van der Waals surface area contributed by atoms with Gasteiger partial charge in [0.2, 0.25) is 5.91 Å². The minimum atomic E-state index is -0.180. The van der Waals surface area contributed by atoms with Crippen LogP contribution in [0.25, 0.3) is 27.6 Å². The summed E-state index contributed by atoms with van der Waals surface area (Å²) in [5.41, 5.74) is 4.49. The average Bonchev–Trinajstić information content (AvgIpc) is 3.64. The normalized spacial score (nSPS) is 13.4. The van der Waals surface area contributed by atoms with Crippen LogP contribution in [0.2, 0.25) is 5.15 Å². The molecule has 0 unspecified atom stereocenters. The van der Waals surface area contributed by atoms with E-state index in [0.717, 1.165) is 11.2 Å². The number of halogens is 1. The summed E-state index contributed by atoms with van der Waals surface area (Å²) in [7, 11) is 0. The van der Waals surface area contributed by atoms with Gasteiger partial charge < -0.3 is 5.32 Å². The number of fused-ring (bicyclic) bond motifs is 2. The molecule has 1 amide bonds. The summed E-state index contributed by atoms with van der Waals surface area (Å²) in [5, 5.41) is 6.24. The molecule has 3 heterocycles. The topological polar surface area (TPSA) is 72.7 Å². The largest absolute Gasteiger partial charge is 0.323 e. The molecule has 0 bridgehead atoms. The van der Waals surface area contributed by atoms with E-state index in [2.05, 4.69) is 56.3 Å². The zero-order valence-electron chi connectivity index (χ0n) is 18.1. The number of thioether (sulfide) groups is 1. The van der Waals surface area contributed by atoms with Gasteiger partial charge in [0.05, 0.1) is 22.6 Å². The predicted molar refractivity (Wildman–Crippen MR) is 137 cm³/mol. The summed E-state index contributed by atoms with van der Waals surface area (Å²) in [6.07, 6.45) is 5.82. The van der Waals surface area contributed by atoms with Crippen LogP contribution in [0.4, 0.5) is 5.69 Å².